The first kappa shape index (κ1) is 23.4. The number of carboxylic acids is 1. The number of hydrogen-bond acceptors (Lipinski definition) is 5. The molecule has 3 aliphatic rings. The zero-order valence-corrected chi connectivity index (χ0v) is 19.7. The summed E-state index contributed by atoms with van der Waals surface area (Å²) < 4.78 is 11.3. The molecule has 2 saturated heterocycles. The molecule has 184 valence electrons. The Kier molecular flexibility index (Phi) is 6.47. The van der Waals surface area contributed by atoms with Crippen molar-refractivity contribution in [1.82, 2.24) is 10.2 Å². The van der Waals surface area contributed by atoms with Crippen LogP contribution in [0.4, 0.5) is 4.79 Å². The molecule has 0 spiro atoms. The Bertz CT molecular complexity index is 1090. The summed E-state index contributed by atoms with van der Waals surface area (Å²) in [5, 5.41) is 12.3. The maximum Gasteiger partial charge on any atom is 0.407 e. The molecule has 2 aromatic rings. The highest BCUT2D eigenvalue weighted by Gasteiger charge is 2.43. The summed E-state index contributed by atoms with van der Waals surface area (Å²) in [6.07, 6.45) is 0.239. The Balaban J connectivity index is 1.22. The number of alkyl carbamates (subject to hydrolysis) is 1. The molecule has 0 radical (unpaired) electrons. The van der Waals surface area contributed by atoms with Crippen LogP contribution in [0.15, 0.2) is 48.5 Å². The topological polar surface area (TPSA) is 105 Å². The molecule has 1 aliphatic carbocycles. The molecule has 0 unspecified atom stereocenters. The predicted molar refractivity (Wildman–Crippen MR) is 128 cm³/mol. The maximum absolute atomic E-state index is 13.2. The number of amides is 2. The van der Waals surface area contributed by atoms with Gasteiger partial charge in [-0.3, -0.25) is 9.59 Å². The Morgan fingerprint density at radius 1 is 1.06 bits per heavy atom. The number of fused-ring (bicyclic) bond motifs is 3. The molecule has 5 rings (SSSR count). The summed E-state index contributed by atoms with van der Waals surface area (Å²) in [6, 6.07) is 15.3. The van der Waals surface area contributed by atoms with Crippen LogP contribution in [-0.4, -0.2) is 65.9 Å². The van der Waals surface area contributed by atoms with Crippen molar-refractivity contribution in [1.29, 1.82) is 0 Å². The molecule has 2 heterocycles. The van der Waals surface area contributed by atoms with Crippen LogP contribution in [-0.2, 0) is 19.1 Å². The van der Waals surface area contributed by atoms with Crippen LogP contribution >= 0.6 is 0 Å². The van der Waals surface area contributed by atoms with E-state index in [0.29, 0.717) is 32.4 Å². The number of likely N-dealkylation sites (tertiary alicyclic amines) is 1. The molecule has 2 aromatic carbocycles. The van der Waals surface area contributed by atoms with Gasteiger partial charge in [0.15, 0.2) is 6.10 Å². The average Bonchev–Trinajstić information content (AvgIpc) is 3.44. The zero-order chi connectivity index (χ0) is 24.5. The third-order valence-corrected chi connectivity index (χ3v) is 7.57. The number of rotatable bonds is 5. The molecule has 0 bridgehead atoms. The van der Waals surface area contributed by atoms with Gasteiger partial charge in [0.1, 0.15) is 6.61 Å². The predicted octanol–water partition coefficient (Wildman–Crippen LogP) is 3.39. The first-order valence-corrected chi connectivity index (χ1v) is 12.2. The molecule has 2 amide bonds. The first-order valence-electron chi connectivity index (χ1n) is 12.2. The van der Waals surface area contributed by atoms with Crippen molar-refractivity contribution in [3.8, 4) is 11.1 Å². The van der Waals surface area contributed by atoms with E-state index in [9.17, 15) is 19.5 Å². The second kappa shape index (κ2) is 9.70. The molecular weight excluding hydrogens is 448 g/mol. The standard InChI is InChI=1S/C27H30N2O6/c1-16-17(26(31)32)11-6-13-29(16)25(30)24-23(12-14-34-24)28-27(33)35-15-22-20-9-4-2-7-18(20)19-8-3-5-10-21(19)22/h2-5,7-10,16-17,22-24H,6,11-15H2,1H3,(H,28,33)(H,31,32)/t16-,17-,23+,24-/m1/s1. The average molecular weight is 479 g/mol. The summed E-state index contributed by atoms with van der Waals surface area (Å²) in [6.45, 7) is 2.78. The van der Waals surface area contributed by atoms with Crippen LogP contribution in [0.25, 0.3) is 11.1 Å². The highest BCUT2D eigenvalue weighted by atomic mass is 16.6. The lowest BCUT2D eigenvalue weighted by Gasteiger charge is -2.39. The fourth-order valence-corrected chi connectivity index (χ4v) is 5.72. The van der Waals surface area contributed by atoms with Crippen LogP contribution in [0.2, 0.25) is 0 Å². The van der Waals surface area contributed by atoms with Crippen LogP contribution in [0.1, 0.15) is 43.2 Å². The summed E-state index contributed by atoms with van der Waals surface area (Å²) in [5.74, 6) is -1.81. The number of carboxylic acid groups (broad SMARTS) is 1. The van der Waals surface area contributed by atoms with Crippen LogP contribution in [0, 0.1) is 5.92 Å². The number of nitrogens with zero attached hydrogens (tertiary/aromatic N) is 1. The lowest BCUT2D eigenvalue weighted by atomic mass is 9.89. The van der Waals surface area contributed by atoms with Gasteiger partial charge in [0.2, 0.25) is 0 Å². The molecule has 0 saturated carbocycles. The monoisotopic (exact) mass is 478 g/mol. The zero-order valence-electron chi connectivity index (χ0n) is 19.7. The molecule has 2 fully saturated rings. The van der Waals surface area contributed by atoms with E-state index in [1.807, 2.05) is 24.3 Å². The number of aliphatic carboxylic acids is 1. The molecule has 8 nitrogen and oxygen atoms in total. The first-order chi connectivity index (χ1) is 17.0. The van der Waals surface area contributed by atoms with Crippen molar-refractivity contribution in [3.05, 3.63) is 59.7 Å². The van der Waals surface area contributed by atoms with Crippen LogP contribution < -0.4 is 5.32 Å². The fraction of sp³-hybridized carbons (Fsp3) is 0.444. The molecule has 8 heteroatoms. The van der Waals surface area contributed by atoms with Gasteiger partial charge in [-0.25, -0.2) is 4.79 Å². The Labute approximate surface area is 204 Å². The number of nitrogens with one attached hydrogen (secondary N) is 1. The van der Waals surface area contributed by atoms with Gasteiger partial charge in [0, 0.05) is 25.1 Å². The van der Waals surface area contributed by atoms with Crippen LogP contribution in [0.3, 0.4) is 0 Å². The van der Waals surface area contributed by atoms with E-state index in [-0.39, 0.29) is 18.4 Å². The third-order valence-electron chi connectivity index (χ3n) is 7.57. The second-order valence-electron chi connectivity index (χ2n) is 9.52. The number of carbonyl (C=O) groups excluding carboxylic acids is 2. The minimum atomic E-state index is -0.893. The van der Waals surface area contributed by atoms with Crippen molar-refractivity contribution < 1.29 is 29.0 Å². The minimum Gasteiger partial charge on any atom is -0.481 e. The quantitative estimate of drug-likeness (QED) is 0.683. The molecule has 2 N–H and O–H groups in total. The van der Waals surface area contributed by atoms with E-state index in [1.165, 1.54) is 0 Å². The number of benzene rings is 2. The van der Waals surface area contributed by atoms with E-state index >= 15 is 0 Å². The molecule has 35 heavy (non-hydrogen) atoms. The van der Waals surface area contributed by atoms with Gasteiger partial charge in [0.25, 0.3) is 5.91 Å². The Morgan fingerprint density at radius 2 is 1.71 bits per heavy atom. The van der Waals surface area contributed by atoms with Crippen molar-refractivity contribution >= 4 is 18.0 Å². The van der Waals surface area contributed by atoms with E-state index in [1.54, 1.807) is 11.8 Å². The number of ether oxygens (including phenoxy) is 2. The van der Waals surface area contributed by atoms with E-state index in [2.05, 4.69) is 29.6 Å². The van der Waals surface area contributed by atoms with Crippen molar-refractivity contribution in [2.75, 3.05) is 19.8 Å². The van der Waals surface area contributed by atoms with Gasteiger partial charge >= 0.3 is 12.1 Å². The molecule has 2 aliphatic heterocycles. The summed E-state index contributed by atoms with van der Waals surface area (Å²) in [7, 11) is 0. The number of piperidine rings is 1. The highest BCUT2D eigenvalue weighted by molar-refractivity contribution is 5.84. The van der Waals surface area contributed by atoms with Crippen LogP contribution in [0.5, 0.6) is 0 Å². The minimum absolute atomic E-state index is 0.0486. The van der Waals surface area contributed by atoms with Gasteiger partial charge in [-0.15, -0.1) is 0 Å². The number of carbonyl (C=O) groups is 3. The largest absolute Gasteiger partial charge is 0.481 e. The summed E-state index contributed by atoms with van der Waals surface area (Å²) in [4.78, 5) is 39.1. The SMILES string of the molecule is C[C@@H]1[C@H](C(=O)O)CCCN1C(=O)[C@@H]1OCC[C@@H]1NC(=O)OCC1c2ccccc2-c2ccccc21. The van der Waals surface area contributed by atoms with Gasteiger partial charge in [-0.2, -0.15) is 0 Å². The van der Waals surface area contributed by atoms with Crippen molar-refractivity contribution in [2.45, 2.75) is 50.3 Å². The van der Waals surface area contributed by atoms with Gasteiger partial charge in [-0.05, 0) is 48.4 Å². The molecule has 0 aromatic heterocycles. The van der Waals surface area contributed by atoms with Gasteiger partial charge in [-0.1, -0.05) is 48.5 Å². The third kappa shape index (κ3) is 4.38. The summed E-state index contributed by atoms with van der Waals surface area (Å²) >= 11 is 0. The van der Waals surface area contributed by atoms with E-state index in [4.69, 9.17) is 9.47 Å². The Hall–Kier alpha value is -3.39. The van der Waals surface area contributed by atoms with E-state index < -0.39 is 36.2 Å². The smallest absolute Gasteiger partial charge is 0.407 e. The highest BCUT2D eigenvalue weighted by Crippen LogP contribution is 2.44. The van der Waals surface area contributed by atoms with Crippen molar-refractivity contribution in [2.24, 2.45) is 5.92 Å². The molecular formula is C27H30N2O6. The summed E-state index contributed by atoms with van der Waals surface area (Å²) in [5.41, 5.74) is 4.57. The lowest BCUT2D eigenvalue weighted by molar-refractivity contribution is -0.153. The van der Waals surface area contributed by atoms with Gasteiger partial charge < -0.3 is 24.8 Å². The van der Waals surface area contributed by atoms with Gasteiger partial charge in [0.05, 0.1) is 12.0 Å². The second-order valence-corrected chi connectivity index (χ2v) is 9.52. The normalized spacial score (nSPS) is 25.6. The Morgan fingerprint density at radius 3 is 2.37 bits per heavy atom. The molecule has 4 atom stereocenters. The lowest BCUT2D eigenvalue weighted by Crippen LogP contribution is -2.56. The number of hydrogen-bond donors (Lipinski definition) is 2. The van der Waals surface area contributed by atoms with Crippen molar-refractivity contribution in [3.63, 3.8) is 0 Å². The fourth-order valence-electron chi connectivity index (χ4n) is 5.72. The maximum atomic E-state index is 13.2. The van der Waals surface area contributed by atoms with E-state index in [0.717, 1.165) is 22.3 Å².